The van der Waals surface area contributed by atoms with Crippen molar-refractivity contribution in [1.29, 1.82) is 0 Å². The number of amides is 2. The van der Waals surface area contributed by atoms with Crippen molar-refractivity contribution in [3.05, 3.63) is 0 Å². The van der Waals surface area contributed by atoms with Crippen molar-refractivity contribution in [2.45, 2.75) is 39.3 Å². The molecule has 138 valence electrons. The summed E-state index contributed by atoms with van der Waals surface area (Å²) in [4.78, 5) is 30.4. The molecule has 0 aromatic carbocycles. The molecule has 0 spiro atoms. The van der Waals surface area contributed by atoms with Crippen molar-refractivity contribution < 1.29 is 19.4 Å². The molecule has 2 amide bonds. The van der Waals surface area contributed by atoms with E-state index in [2.05, 4.69) is 4.90 Å². The van der Waals surface area contributed by atoms with Crippen LogP contribution in [-0.4, -0.2) is 96.2 Å². The highest BCUT2D eigenvalue weighted by atomic mass is 16.5. The number of aliphatic hydroxyl groups is 1. The topological polar surface area (TPSA) is 73.3 Å². The first-order valence-electron chi connectivity index (χ1n) is 8.98. The van der Waals surface area contributed by atoms with Gasteiger partial charge in [-0.2, -0.15) is 0 Å². The molecule has 2 unspecified atom stereocenters. The molecule has 2 heterocycles. The number of hydrogen-bond acceptors (Lipinski definition) is 5. The number of carbonyl (C=O) groups excluding carboxylic acids is 2. The Morgan fingerprint density at radius 1 is 1.29 bits per heavy atom. The van der Waals surface area contributed by atoms with Crippen molar-refractivity contribution in [2.24, 2.45) is 5.92 Å². The summed E-state index contributed by atoms with van der Waals surface area (Å²) in [5.74, 6) is -0.0166. The molecule has 2 aliphatic rings. The third kappa shape index (κ3) is 4.91. The van der Waals surface area contributed by atoms with E-state index in [1.165, 1.54) is 0 Å². The van der Waals surface area contributed by atoms with Crippen LogP contribution < -0.4 is 0 Å². The van der Waals surface area contributed by atoms with Gasteiger partial charge in [0.05, 0.1) is 18.6 Å². The normalized spacial score (nSPS) is 24.0. The quantitative estimate of drug-likeness (QED) is 0.693. The van der Waals surface area contributed by atoms with Crippen LogP contribution in [0.5, 0.6) is 0 Å². The fourth-order valence-electron chi connectivity index (χ4n) is 3.41. The van der Waals surface area contributed by atoms with Crippen molar-refractivity contribution in [2.75, 3.05) is 52.5 Å². The first-order chi connectivity index (χ1) is 11.4. The van der Waals surface area contributed by atoms with Crippen molar-refractivity contribution in [1.82, 2.24) is 14.7 Å². The summed E-state index contributed by atoms with van der Waals surface area (Å²) in [5, 5.41) is 9.90. The summed E-state index contributed by atoms with van der Waals surface area (Å²) in [5.41, 5.74) is 0. The number of rotatable bonds is 7. The third-order valence-electron chi connectivity index (χ3n) is 4.80. The SMILES string of the molecule is CCOCC(O)CN1CCN(C(=O)C2CC(=O)N(C(C)C)C2)CC1. The van der Waals surface area contributed by atoms with Gasteiger partial charge in [-0.15, -0.1) is 0 Å². The Morgan fingerprint density at radius 2 is 1.96 bits per heavy atom. The van der Waals surface area contributed by atoms with Crippen LogP contribution in [0.2, 0.25) is 0 Å². The maximum absolute atomic E-state index is 12.6. The molecule has 7 nitrogen and oxygen atoms in total. The van der Waals surface area contributed by atoms with E-state index in [-0.39, 0.29) is 23.8 Å². The van der Waals surface area contributed by atoms with Crippen LogP contribution in [0, 0.1) is 5.92 Å². The summed E-state index contributed by atoms with van der Waals surface area (Å²) in [6, 6.07) is 0.152. The number of nitrogens with zero attached hydrogens (tertiary/aromatic N) is 3. The molecular weight excluding hydrogens is 310 g/mol. The fraction of sp³-hybridized carbons (Fsp3) is 0.882. The number of carbonyl (C=O) groups is 2. The average Bonchev–Trinajstić information content (AvgIpc) is 2.95. The molecule has 2 fully saturated rings. The number of piperazine rings is 1. The monoisotopic (exact) mass is 341 g/mol. The van der Waals surface area contributed by atoms with Crippen LogP contribution in [-0.2, 0) is 14.3 Å². The third-order valence-corrected chi connectivity index (χ3v) is 4.80. The van der Waals surface area contributed by atoms with Gasteiger partial charge >= 0.3 is 0 Å². The highest BCUT2D eigenvalue weighted by molar-refractivity contribution is 5.89. The molecule has 2 rings (SSSR count). The number of hydrogen-bond donors (Lipinski definition) is 1. The second-order valence-electron chi connectivity index (χ2n) is 6.98. The van der Waals surface area contributed by atoms with Gasteiger partial charge in [0.1, 0.15) is 0 Å². The zero-order valence-electron chi connectivity index (χ0n) is 15.1. The lowest BCUT2D eigenvalue weighted by molar-refractivity contribution is -0.137. The van der Waals surface area contributed by atoms with Gasteiger partial charge < -0.3 is 19.6 Å². The van der Waals surface area contributed by atoms with E-state index in [0.29, 0.717) is 45.8 Å². The lowest BCUT2D eigenvalue weighted by Gasteiger charge is -2.36. The number of ether oxygens (including phenoxy) is 1. The van der Waals surface area contributed by atoms with Crippen molar-refractivity contribution in [3.8, 4) is 0 Å². The van der Waals surface area contributed by atoms with E-state index >= 15 is 0 Å². The largest absolute Gasteiger partial charge is 0.389 e. The Bertz CT molecular complexity index is 436. The summed E-state index contributed by atoms with van der Waals surface area (Å²) in [7, 11) is 0. The van der Waals surface area contributed by atoms with Crippen LogP contribution in [0.4, 0.5) is 0 Å². The molecule has 0 aromatic rings. The number of β-amino-alcohol motifs (C(OH)–C–C–N with tert-alkyl or cyclic N) is 1. The van der Waals surface area contributed by atoms with E-state index < -0.39 is 6.10 Å². The molecule has 0 radical (unpaired) electrons. The van der Waals surface area contributed by atoms with Gasteiger partial charge in [-0.3, -0.25) is 14.5 Å². The number of aliphatic hydroxyl groups excluding tert-OH is 1. The van der Waals surface area contributed by atoms with Crippen LogP contribution in [0.3, 0.4) is 0 Å². The van der Waals surface area contributed by atoms with E-state index in [9.17, 15) is 14.7 Å². The van der Waals surface area contributed by atoms with Gasteiger partial charge in [0.2, 0.25) is 11.8 Å². The minimum Gasteiger partial charge on any atom is -0.389 e. The molecule has 0 bridgehead atoms. The molecule has 0 aromatic heterocycles. The second kappa shape index (κ2) is 8.78. The lowest BCUT2D eigenvalue weighted by atomic mass is 10.1. The van der Waals surface area contributed by atoms with E-state index in [4.69, 9.17) is 4.74 Å². The first-order valence-corrected chi connectivity index (χ1v) is 8.98. The average molecular weight is 341 g/mol. The predicted octanol–water partition coefficient (Wildman–Crippen LogP) is -0.215. The standard InChI is InChI=1S/C17H31N3O4/c1-4-24-12-15(21)11-18-5-7-19(8-6-18)17(23)14-9-16(22)20(10-14)13(2)3/h13-15,21H,4-12H2,1-3H3. The minimum absolute atomic E-state index is 0.0843. The first kappa shape index (κ1) is 19.1. The van der Waals surface area contributed by atoms with E-state index in [1.807, 2.05) is 25.7 Å². The maximum Gasteiger partial charge on any atom is 0.228 e. The van der Waals surface area contributed by atoms with Crippen LogP contribution >= 0.6 is 0 Å². The smallest absolute Gasteiger partial charge is 0.228 e. The molecule has 24 heavy (non-hydrogen) atoms. The Kier molecular flexibility index (Phi) is 7.01. The van der Waals surface area contributed by atoms with Gasteiger partial charge in [-0.1, -0.05) is 0 Å². The van der Waals surface area contributed by atoms with Gasteiger partial charge in [0.15, 0.2) is 0 Å². The van der Waals surface area contributed by atoms with Crippen LogP contribution in [0.25, 0.3) is 0 Å². The molecule has 0 aliphatic carbocycles. The molecular formula is C17H31N3O4. The molecule has 2 aliphatic heterocycles. The summed E-state index contributed by atoms with van der Waals surface area (Å²) < 4.78 is 5.23. The molecule has 1 N–H and O–H groups in total. The summed E-state index contributed by atoms with van der Waals surface area (Å²) in [6.07, 6.45) is -0.149. The van der Waals surface area contributed by atoms with Gasteiger partial charge in [0.25, 0.3) is 0 Å². The Hall–Kier alpha value is -1.18. The maximum atomic E-state index is 12.6. The Morgan fingerprint density at radius 3 is 2.50 bits per heavy atom. The van der Waals surface area contributed by atoms with Gasteiger partial charge in [-0.05, 0) is 20.8 Å². The predicted molar refractivity (Wildman–Crippen MR) is 90.5 cm³/mol. The molecule has 2 saturated heterocycles. The van der Waals surface area contributed by atoms with E-state index in [1.54, 1.807) is 4.90 Å². The fourth-order valence-corrected chi connectivity index (χ4v) is 3.41. The Labute approximate surface area is 144 Å². The van der Waals surface area contributed by atoms with Crippen LogP contribution in [0.15, 0.2) is 0 Å². The van der Waals surface area contributed by atoms with E-state index in [0.717, 1.165) is 13.1 Å². The highest BCUT2D eigenvalue weighted by Crippen LogP contribution is 2.22. The number of likely N-dealkylation sites (tertiary alicyclic amines) is 1. The highest BCUT2D eigenvalue weighted by Gasteiger charge is 2.38. The van der Waals surface area contributed by atoms with Crippen molar-refractivity contribution >= 4 is 11.8 Å². The zero-order valence-corrected chi connectivity index (χ0v) is 15.1. The molecule has 7 heteroatoms. The zero-order chi connectivity index (χ0) is 17.7. The summed E-state index contributed by atoms with van der Waals surface area (Å²) in [6.45, 7) is 10.8. The van der Waals surface area contributed by atoms with Gasteiger partial charge in [0, 0.05) is 58.3 Å². The van der Waals surface area contributed by atoms with Gasteiger partial charge in [-0.25, -0.2) is 0 Å². The Balaban J connectivity index is 1.76. The van der Waals surface area contributed by atoms with Crippen LogP contribution in [0.1, 0.15) is 27.2 Å². The lowest BCUT2D eigenvalue weighted by Crippen LogP contribution is -2.52. The molecule has 2 atom stereocenters. The van der Waals surface area contributed by atoms with Crippen molar-refractivity contribution in [3.63, 3.8) is 0 Å². The summed E-state index contributed by atoms with van der Waals surface area (Å²) >= 11 is 0. The second-order valence-corrected chi connectivity index (χ2v) is 6.98. The molecule has 0 saturated carbocycles. The minimum atomic E-state index is -0.487.